The Morgan fingerprint density at radius 1 is 1.50 bits per heavy atom. The molecule has 0 saturated carbocycles. The Morgan fingerprint density at radius 2 is 2.30 bits per heavy atom. The Balaban J connectivity index is 1.80. The fourth-order valence-electron chi connectivity index (χ4n) is 2.63. The number of amides is 2. The number of carbonyl (C=O) groups excluding carboxylic acids is 1. The number of ether oxygens (including phenoxy) is 1. The summed E-state index contributed by atoms with van der Waals surface area (Å²) in [6.45, 7) is 7.69. The normalized spacial score (nSPS) is 22.0. The second kappa shape index (κ2) is 6.70. The molecule has 5 nitrogen and oxygen atoms in total. The van der Waals surface area contributed by atoms with Crippen LogP contribution < -0.4 is 10.6 Å². The molecule has 2 heterocycles. The predicted octanol–water partition coefficient (Wildman–Crippen LogP) is 2.57. The second-order valence-corrected chi connectivity index (χ2v) is 5.71. The maximum Gasteiger partial charge on any atom is 0.319 e. The van der Waals surface area contributed by atoms with E-state index in [0.29, 0.717) is 24.1 Å². The molecule has 1 aromatic rings. The minimum absolute atomic E-state index is 0.188. The van der Waals surface area contributed by atoms with Crippen molar-refractivity contribution in [1.82, 2.24) is 10.3 Å². The van der Waals surface area contributed by atoms with Crippen LogP contribution in [-0.4, -0.2) is 30.3 Å². The van der Waals surface area contributed by atoms with Gasteiger partial charge in [0.2, 0.25) is 0 Å². The van der Waals surface area contributed by atoms with Crippen LogP contribution in [0.15, 0.2) is 18.5 Å². The van der Waals surface area contributed by atoms with Crippen LogP contribution in [0.2, 0.25) is 0 Å². The summed E-state index contributed by atoms with van der Waals surface area (Å²) in [6.07, 6.45) is 4.65. The smallest absolute Gasteiger partial charge is 0.319 e. The zero-order chi connectivity index (χ0) is 14.5. The summed E-state index contributed by atoms with van der Waals surface area (Å²) in [5.41, 5.74) is 1.73. The lowest BCUT2D eigenvalue weighted by atomic mass is 9.93. The Bertz CT molecular complexity index is 462. The summed E-state index contributed by atoms with van der Waals surface area (Å²) >= 11 is 0. The molecule has 110 valence electrons. The van der Waals surface area contributed by atoms with Crippen LogP contribution in [0.4, 0.5) is 10.5 Å². The SMILES string of the molecule is Cc1cncc(NC(=O)NC[C@@H]2CCO[C@@H]2C(C)C)c1. The zero-order valence-corrected chi connectivity index (χ0v) is 12.3. The molecule has 2 rings (SSSR count). The van der Waals surface area contributed by atoms with Crippen molar-refractivity contribution in [2.75, 3.05) is 18.5 Å². The highest BCUT2D eigenvalue weighted by Gasteiger charge is 2.30. The van der Waals surface area contributed by atoms with E-state index < -0.39 is 0 Å². The number of rotatable bonds is 4. The summed E-state index contributed by atoms with van der Waals surface area (Å²) in [5, 5.41) is 5.72. The van der Waals surface area contributed by atoms with Gasteiger partial charge in [0, 0.05) is 25.3 Å². The molecule has 0 radical (unpaired) electrons. The molecule has 2 atom stereocenters. The minimum Gasteiger partial charge on any atom is -0.378 e. The monoisotopic (exact) mass is 277 g/mol. The lowest BCUT2D eigenvalue weighted by molar-refractivity contribution is 0.0546. The number of aromatic nitrogens is 1. The maximum absolute atomic E-state index is 11.9. The number of nitrogens with one attached hydrogen (secondary N) is 2. The first kappa shape index (κ1) is 14.8. The molecule has 0 spiro atoms. The molecule has 5 heteroatoms. The number of pyridine rings is 1. The van der Waals surface area contributed by atoms with Crippen LogP contribution in [-0.2, 0) is 4.74 Å². The van der Waals surface area contributed by atoms with E-state index >= 15 is 0 Å². The van der Waals surface area contributed by atoms with Gasteiger partial charge in [-0.15, -0.1) is 0 Å². The number of nitrogens with zero attached hydrogens (tertiary/aromatic N) is 1. The highest BCUT2D eigenvalue weighted by molar-refractivity contribution is 5.89. The van der Waals surface area contributed by atoms with Gasteiger partial charge < -0.3 is 15.4 Å². The van der Waals surface area contributed by atoms with E-state index in [0.717, 1.165) is 18.6 Å². The van der Waals surface area contributed by atoms with Gasteiger partial charge in [0.25, 0.3) is 0 Å². The molecule has 1 aliphatic heterocycles. The third-order valence-electron chi connectivity index (χ3n) is 3.58. The fourth-order valence-corrected chi connectivity index (χ4v) is 2.63. The molecule has 1 saturated heterocycles. The van der Waals surface area contributed by atoms with Crippen molar-refractivity contribution in [3.05, 3.63) is 24.0 Å². The molecule has 0 bridgehead atoms. The van der Waals surface area contributed by atoms with E-state index in [1.165, 1.54) is 0 Å². The van der Waals surface area contributed by atoms with Crippen LogP contribution in [0.1, 0.15) is 25.8 Å². The van der Waals surface area contributed by atoms with Crippen molar-refractivity contribution >= 4 is 11.7 Å². The van der Waals surface area contributed by atoms with Crippen LogP contribution >= 0.6 is 0 Å². The van der Waals surface area contributed by atoms with Gasteiger partial charge in [-0.2, -0.15) is 0 Å². The van der Waals surface area contributed by atoms with Gasteiger partial charge in [0.05, 0.1) is 18.0 Å². The molecule has 2 N–H and O–H groups in total. The number of hydrogen-bond acceptors (Lipinski definition) is 3. The van der Waals surface area contributed by atoms with Gasteiger partial charge in [-0.3, -0.25) is 4.98 Å². The lowest BCUT2D eigenvalue weighted by Crippen LogP contribution is -2.37. The quantitative estimate of drug-likeness (QED) is 0.889. The summed E-state index contributed by atoms with van der Waals surface area (Å²) in [4.78, 5) is 15.9. The van der Waals surface area contributed by atoms with Gasteiger partial charge >= 0.3 is 6.03 Å². The number of hydrogen-bond donors (Lipinski definition) is 2. The molecule has 1 aliphatic rings. The maximum atomic E-state index is 11.9. The molecule has 0 unspecified atom stereocenters. The van der Waals surface area contributed by atoms with E-state index in [1.807, 2.05) is 13.0 Å². The van der Waals surface area contributed by atoms with Crippen molar-refractivity contribution < 1.29 is 9.53 Å². The first-order valence-electron chi connectivity index (χ1n) is 7.14. The van der Waals surface area contributed by atoms with Crippen LogP contribution in [0.3, 0.4) is 0 Å². The largest absolute Gasteiger partial charge is 0.378 e. The van der Waals surface area contributed by atoms with Crippen LogP contribution in [0.5, 0.6) is 0 Å². The van der Waals surface area contributed by atoms with Gasteiger partial charge in [-0.05, 0) is 30.9 Å². The summed E-state index contributed by atoms with van der Waals surface area (Å²) in [6, 6.07) is 1.70. The summed E-state index contributed by atoms with van der Waals surface area (Å²) < 4.78 is 5.71. The predicted molar refractivity (Wildman–Crippen MR) is 78.7 cm³/mol. The van der Waals surface area contributed by atoms with Crippen molar-refractivity contribution in [3.63, 3.8) is 0 Å². The molecular formula is C15H23N3O2. The molecule has 0 aliphatic carbocycles. The second-order valence-electron chi connectivity index (χ2n) is 5.71. The topological polar surface area (TPSA) is 63.2 Å². The molecule has 0 aromatic carbocycles. The Morgan fingerprint density at radius 3 is 3.00 bits per heavy atom. The molecule has 1 fully saturated rings. The number of aryl methyl sites for hydroxylation is 1. The highest BCUT2D eigenvalue weighted by atomic mass is 16.5. The highest BCUT2D eigenvalue weighted by Crippen LogP contribution is 2.26. The van der Waals surface area contributed by atoms with Crippen molar-refractivity contribution in [3.8, 4) is 0 Å². The van der Waals surface area contributed by atoms with Crippen molar-refractivity contribution in [2.24, 2.45) is 11.8 Å². The van der Waals surface area contributed by atoms with Crippen LogP contribution in [0, 0.1) is 18.8 Å². The van der Waals surface area contributed by atoms with E-state index in [-0.39, 0.29) is 12.1 Å². The average molecular weight is 277 g/mol. The third-order valence-corrected chi connectivity index (χ3v) is 3.58. The third kappa shape index (κ3) is 3.93. The van der Waals surface area contributed by atoms with Crippen LogP contribution in [0.25, 0.3) is 0 Å². The van der Waals surface area contributed by atoms with Gasteiger partial charge in [-0.25, -0.2) is 4.79 Å². The van der Waals surface area contributed by atoms with E-state index in [9.17, 15) is 4.79 Å². The number of anilines is 1. The Hall–Kier alpha value is -1.62. The fraction of sp³-hybridized carbons (Fsp3) is 0.600. The summed E-state index contributed by atoms with van der Waals surface area (Å²) in [5.74, 6) is 0.879. The van der Waals surface area contributed by atoms with E-state index in [2.05, 4.69) is 29.5 Å². The average Bonchev–Trinajstić information content (AvgIpc) is 2.85. The van der Waals surface area contributed by atoms with E-state index in [1.54, 1.807) is 12.4 Å². The van der Waals surface area contributed by atoms with Gasteiger partial charge in [0.15, 0.2) is 0 Å². The lowest BCUT2D eigenvalue weighted by Gasteiger charge is -2.22. The van der Waals surface area contributed by atoms with Gasteiger partial charge in [0.1, 0.15) is 0 Å². The Kier molecular flexibility index (Phi) is 4.95. The minimum atomic E-state index is -0.188. The first-order valence-corrected chi connectivity index (χ1v) is 7.14. The van der Waals surface area contributed by atoms with Gasteiger partial charge in [-0.1, -0.05) is 13.8 Å². The zero-order valence-electron chi connectivity index (χ0n) is 12.3. The molecule has 20 heavy (non-hydrogen) atoms. The van der Waals surface area contributed by atoms with Crippen molar-refractivity contribution in [2.45, 2.75) is 33.3 Å². The van der Waals surface area contributed by atoms with E-state index in [4.69, 9.17) is 4.74 Å². The molecule has 2 amide bonds. The standard InChI is InChI=1S/C15H23N3O2/c1-10(2)14-12(4-5-20-14)8-17-15(19)18-13-6-11(3)7-16-9-13/h6-7,9-10,12,14H,4-5,8H2,1-3H3,(H2,17,18,19)/t12-,14+/m0/s1. The Labute approximate surface area is 120 Å². The van der Waals surface area contributed by atoms with Crippen molar-refractivity contribution in [1.29, 1.82) is 0 Å². The molecular weight excluding hydrogens is 254 g/mol. The molecule has 1 aromatic heterocycles. The first-order chi connectivity index (χ1) is 9.56. The number of carbonyl (C=O) groups is 1. The summed E-state index contributed by atoms with van der Waals surface area (Å²) in [7, 11) is 0. The number of urea groups is 1.